The number of aliphatic hydroxyl groups excluding tert-OH is 1. The molecular formula is C23H26FN3O5. The summed E-state index contributed by atoms with van der Waals surface area (Å²) in [5, 5.41) is 22.6. The Labute approximate surface area is 184 Å². The molecule has 1 aromatic carbocycles. The molecule has 2 heterocycles. The van der Waals surface area contributed by atoms with Crippen LogP contribution in [0.25, 0.3) is 11.0 Å². The number of pyridine rings is 2. The molecule has 8 nitrogen and oxygen atoms in total. The van der Waals surface area contributed by atoms with Gasteiger partial charge in [-0.3, -0.25) is 14.6 Å². The van der Waals surface area contributed by atoms with Gasteiger partial charge in [-0.15, -0.1) is 0 Å². The summed E-state index contributed by atoms with van der Waals surface area (Å²) in [5.41, 5.74) is 1.04. The van der Waals surface area contributed by atoms with E-state index in [-0.39, 0.29) is 24.4 Å². The first kappa shape index (κ1) is 23.4. The van der Waals surface area contributed by atoms with Crippen LogP contribution in [0, 0.1) is 5.82 Å². The van der Waals surface area contributed by atoms with Crippen LogP contribution < -0.4 is 10.9 Å². The van der Waals surface area contributed by atoms with Crippen molar-refractivity contribution in [2.75, 3.05) is 20.3 Å². The van der Waals surface area contributed by atoms with Gasteiger partial charge >= 0.3 is 0 Å². The highest BCUT2D eigenvalue weighted by molar-refractivity contribution is 6.01. The van der Waals surface area contributed by atoms with Crippen LogP contribution in [0.1, 0.15) is 34.8 Å². The molecule has 0 aliphatic rings. The number of hydrogen-bond acceptors (Lipinski definition) is 6. The normalized spacial score (nSPS) is 12.1. The smallest absolute Gasteiger partial charge is 0.267 e. The van der Waals surface area contributed by atoms with Crippen molar-refractivity contribution in [1.29, 1.82) is 0 Å². The standard InChI is InChI=1S/C23H26FN3O5/c1-14(28)12-26-22(30)19-21(29)20-18(27(23(19)31)8-3-9-32-2)11-16(13-25-20)10-15-4-6-17(24)7-5-15/h4-7,11,13-14,28-29H,3,8-10,12H2,1-2H3,(H,26,30)/t14-/m1/s1. The van der Waals surface area contributed by atoms with Crippen LogP contribution in [0.3, 0.4) is 0 Å². The monoisotopic (exact) mass is 443 g/mol. The van der Waals surface area contributed by atoms with Gasteiger partial charge < -0.3 is 24.8 Å². The highest BCUT2D eigenvalue weighted by Gasteiger charge is 2.23. The first-order valence-electron chi connectivity index (χ1n) is 10.3. The number of nitrogens with one attached hydrogen (secondary N) is 1. The Kier molecular flexibility index (Phi) is 7.55. The Hall–Kier alpha value is -3.30. The number of fused-ring (bicyclic) bond motifs is 1. The largest absolute Gasteiger partial charge is 0.505 e. The van der Waals surface area contributed by atoms with Gasteiger partial charge in [-0.05, 0) is 49.1 Å². The highest BCUT2D eigenvalue weighted by atomic mass is 19.1. The van der Waals surface area contributed by atoms with Crippen LogP contribution in [-0.4, -0.2) is 52.0 Å². The van der Waals surface area contributed by atoms with Gasteiger partial charge in [0.05, 0.1) is 11.6 Å². The number of ether oxygens (including phenoxy) is 1. The highest BCUT2D eigenvalue weighted by Crippen LogP contribution is 2.26. The van der Waals surface area contributed by atoms with Crippen molar-refractivity contribution in [3.63, 3.8) is 0 Å². The molecule has 32 heavy (non-hydrogen) atoms. The Morgan fingerprint density at radius 2 is 2.00 bits per heavy atom. The average molecular weight is 443 g/mol. The summed E-state index contributed by atoms with van der Waals surface area (Å²) >= 11 is 0. The van der Waals surface area contributed by atoms with Crippen molar-refractivity contribution in [3.05, 3.63) is 69.4 Å². The van der Waals surface area contributed by atoms with E-state index in [1.807, 2.05) is 0 Å². The molecule has 2 aromatic heterocycles. The maximum absolute atomic E-state index is 13.2. The van der Waals surface area contributed by atoms with Crippen LogP contribution in [0.15, 0.2) is 41.3 Å². The SMILES string of the molecule is COCCCn1c(=O)c(C(=O)NC[C@@H](C)O)c(O)c2ncc(Cc3ccc(F)cc3)cc21. The molecule has 0 aliphatic carbocycles. The molecule has 0 bridgehead atoms. The van der Waals surface area contributed by atoms with Crippen LogP contribution in [0.5, 0.6) is 5.75 Å². The number of methoxy groups -OCH3 is 1. The second kappa shape index (κ2) is 10.3. The molecule has 0 unspecified atom stereocenters. The third-order valence-corrected chi connectivity index (χ3v) is 4.97. The van der Waals surface area contributed by atoms with Crippen LogP contribution in [0.2, 0.25) is 0 Å². The van der Waals surface area contributed by atoms with Gasteiger partial charge in [0.2, 0.25) is 0 Å². The predicted octanol–water partition coefficient (Wildman–Crippen LogP) is 1.98. The van der Waals surface area contributed by atoms with E-state index in [0.717, 1.165) is 11.1 Å². The van der Waals surface area contributed by atoms with Gasteiger partial charge in [0.15, 0.2) is 5.75 Å². The number of hydrogen-bond donors (Lipinski definition) is 3. The number of amides is 1. The summed E-state index contributed by atoms with van der Waals surface area (Å²) in [6.45, 7) is 2.08. The molecule has 1 atom stereocenters. The summed E-state index contributed by atoms with van der Waals surface area (Å²) in [7, 11) is 1.55. The minimum absolute atomic E-state index is 0.0660. The van der Waals surface area contributed by atoms with Crippen molar-refractivity contribution in [2.24, 2.45) is 0 Å². The van der Waals surface area contributed by atoms with Gasteiger partial charge in [-0.1, -0.05) is 12.1 Å². The van der Waals surface area contributed by atoms with Gasteiger partial charge in [0, 0.05) is 33.0 Å². The number of aryl methyl sites for hydroxylation is 1. The van der Waals surface area contributed by atoms with E-state index in [1.54, 1.807) is 31.5 Å². The van der Waals surface area contributed by atoms with E-state index in [9.17, 15) is 24.2 Å². The number of carbonyl (C=O) groups excluding carboxylic acids is 1. The van der Waals surface area contributed by atoms with E-state index >= 15 is 0 Å². The maximum atomic E-state index is 13.2. The van der Waals surface area contributed by atoms with Crippen molar-refractivity contribution < 1.29 is 24.1 Å². The fraction of sp³-hybridized carbons (Fsp3) is 0.348. The lowest BCUT2D eigenvalue weighted by molar-refractivity contribution is 0.0919. The minimum Gasteiger partial charge on any atom is -0.505 e. The molecule has 0 aliphatic heterocycles. The molecule has 170 valence electrons. The van der Waals surface area contributed by atoms with E-state index in [1.165, 1.54) is 23.6 Å². The Balaban J connectivity index is 2.08. The minimum atomic E-state index is -0.808. The van der Waals surface area contributed by atoms with Crippen molar-refractivity contribution in [2.45, 2.75) is 32.4 Å². The molecule has 9 heteroatoms. The van der Waals surface area contributed by atoms with Gasteiger partial charge in [-0.2, -0.15) is 0 Å². The lowest BCUT2D eigenvalue weighted by Crippen LogP contribution is -2.36. The summed E-state index contributed by atoms with van der Waals surface area (Å²) in [6, 6.07) is 7.80. The molecule has 0 saturated heterocycles. The van der Waals surface area contributed by atoms with Gasteiger partial charge in [0.1, 0.15) is 16.9 Å². The maximum Gasteiger partial charge on any atom is 0.267 e. The molecule has 1 amide bonds. The van der Waals surface area contributed by atoms with E-state index < -0.39 is 28.9 Å². The fourth-order valence-corrected chi connectivity index (χ4v) is 3.40. The van der Waals surface area contributed by atoms with Crippen molar-refractivity contribution >= 4 is 16.9 Å². The number of aliphatic hydroxyl groups is 1. The van der Waals surface area contributed by atoms with Gasteiger partial charge in [0.25, 0.3) is 11.5 Å². The molecular weight excluding hydrogens is 417 g/mol. The lowest BCUT2D eigenvalue weighted by Gasteiger charge is -2.16. The number of carbonyl (C=O) groups is 1. The number of halogens is 1. The first-order chi connectivity index (χ1) is 15.3. The Morgan fingerprint density at radius 1 is 1.28 bits per heavy atom. The number of benzene rings is 1. The first-order valence-corrected chi connectivity index (χ1v) is 10.3. The lowest BCUT2D eigenvalue weighted by atomic mass is 10.1. The second-order valence-electron chi connectivity index (χ2n) is 7.60. The van der Waals surface area contributed by atoms with Crippen molar-refractivity contribution in [1.82, 2.24) is 14.9 Å². The fourth-order valence-electron chi connectivity index (χ4n) is 3.40. The summed E-state index contributed by atoms with van der Waals surface area (Å²) in [4.78, 5) is 30.1. The molecule has 0 radical (unpaired) electrons. The molecule has 3 rings (SSSR count). The molecule has 3 N–H and O–H groups in total. The van der Waals surface area contributed by atoms with Crippen molar-refractivity contribution in [3.8, 4) is 5.75 Å². The van der Waals surface area contributed by atoms with Crippen LogP contribution in [-0.2, 0) is 17.7 Å². The molecule has 0 spiro atoms. The topological polar surface area (TPSA) is 114 Å². The summed E-state index contributed by atoms with van der Waals surface area (Å²) < 4.78 is 19.7. The molecule has 3 aromatic rings. The summed E-state index contributed by atoms with van der Waals surface area (Å²) in [6.07, 6.45) is 1.70. The number of aromatic hydroxyl groups is 1. The zero-order chi connectivity index (χ0) is 23.3. The quantitative estimate of drug-likeness (QED) is 0.436. The number of nitrogens with zero attached hydrogens (tertiary/aromatic N) is 2. The van der Waals surface area contributed by atoms with E-state index in [0.29, 0.717) is 25.0 Å². The average Bonchev–Trinajstić information content (AvgIpc) is 2.76. The predicted molar refractivity (Wildman–Crippen MR) is 117 cm³/mol. The third-order valence-electron chi connectivity index (χ3n) is 4.97. The summed E-state index contributed by atoms with van der Waals surface area (Å²) in [5.74, 6) is -1.62. The molecule has 0 saturated carbocycles. The zero-order valence-electron chi connectivity index (χ0n) is 18.0. The Morgan fingerprint density at radius 3 is 2.66 bits per heavy atom. The Bertz CT molecular complexity index is 1160. The number of aromatic nitrogens is 2. The van der Waals surface area contributed by atoms with Gasteiger partial charge in [-0.25, -0.2) is 4.39 Å². The second-order valence-corrected chi connectivity index (χ2v) is 7.60. The van der Waals surface area contributed by atoms with E-state index in [2.05, 4.69) is 10.3 Å². The van der Waals surface area contributed by atoms with E-state index in [4.69, 9.17) is 4.74 Å². The van der Waals surface area contributed by atoms with Crippen LogP contribution >= 0.6 is 0 Å². The third kappa shape index (κ3) is 5.30. The number of rotatable bonds is 9. The molecule has 0 fully saturated rings. The zero-order valence-corrected chi connectivity index (χ0v) is 18.0. The van der Waals surface area contributed by atoms with Crippen LogP contribution in [0.4, 0.5) is 4.39 Å².